The van der Waals surface area contributed by atoms with Crippen molar-refractivity contribution in [1.82, 2.24) is 24.8 Å². The second kappa shape index (κ2) is 15.0. The van der Waals surface area contributed by atoms with Crippen molar-refractivity contribution in [2.45, 2.75) is 32.4 Å². The number of hydrogen-bond donors (Lipinski definition) is 0. The van der Waals surface area contributed by atoms with Crippen LogP contribution < -0.4 is 0 Å². The predicted molar refractivity (Wildman–Crippen MR) is 202 cm³/mol. The van der Waals surface area contributed by atoms with Crippen molar-refractivity contribution in [1.29, 1.82) is 0 Å². The van der Waals surface area contributed by atoms with E-state index in [0.29, 0.717) is 24.7 Å². The molecule has 2 heterocycles. The number of carbonyl (C=O) groups is 1. The molecule has 252 valence electrons. The minimum atomic E-state index is -0.864. The quantitative estimate of drug-likeness (QED) is 0.0958. The summed E-state index contributed by atoms with van der Waals surface area (Å²) in [5.41, 5.74) is 7.74. The van der Waals surface area contributed by atoms with Gasteiger partial charge in [-0.2, -0.15) is 0 Å². The highest BCUT2D eigenvalue weighted by Gasteiger charge is 2.42. The first-order valence-corrected chi connectivity index (χ1v) is 17.3. The van der Waals surface area contributed by atoms with Gasteiger partial charge in [-0.15, -0.1) is 5.10 Å². The van der Waals surface area contributed by atoms with Crippen molar-refractivity contribution < 1.29 is 9.53 Å². The molecule has 0 atom stereocenters. The zero-order chi connectivity index (χ0) is 35.0. The van der Waals surface area contributed by atoms with E-state index in [4.69, 9.17) is 15.0 Å². The second-order valence-corrected chi connectivity index (χ2v) is 12.2. The van der Waals surface area contributed by atoms with E-state index in [1.54, 1.807) is 0 Å². The molecule has 0 saturated carbocycles. The first-order chi connectivity index (χ1) is 25.1. The molecule has 7 rings (SSSR count). The summed E-state index contributed by atoms with van der Waals surface area (Å²) in [5.74, 6) is 0.319. The van der Waals surface area contributed by atoms with E-state index < -0.39 is 5.54 Å². The lowest BCUT2D eigenvalue weighted by Crippen LogP contribution is -2.39. The zero-order valence-corrected chi connectivity index (χ0v) is 28.8. The van der Waals surface area contributed by atoms with Gasteiger partial charge in [-0.3, -0.25) is 0 Å². The molecule has 0 bridgehead atoms. The third-order valence-electron chi connectivity index (χ3n) is 9.16. The normalized spacial score (nSPS) is 11.6. The molecule has 0 spiro atoms. The van der Waals surface area contributed by atoms with E-state index in [1.807, 2.05) is 58.6 Å². The standard InChI is InChI=1S/C44H39N5O2/c1-3-5-23-38-30-31-41(43(50)51-4-2)48(38)32-33-26-28-34(29-27-33)39-24-15-16-25-40(39)42-45-46-47-49(42)44(35-17-9-6-10-18-35,36-19-11-7-12-20-36)37-21-13-8-14-22-37/h5-31H,3-4,32H2,1-2H3/b23-5+. The van der Waals surface area contributed by atoms with E-state index in [1.165, 1.54) is 0 Å². The first kappa shape index (κ1) is 33.2. The van der Waals surface area contributed by atoms with E-state index in [0.717, 1.165) is 51.1 Å². The molecular weight excluding hydrogens is 631 g/mol. The zero-order valence-electron chi connectivity index (χ0n) is 28.8. The lowest BCUT2D eigenvalue weighted by molar-refractivity contribution is 0.0514. The van der Waals surface area contributed by atoms with Gasteiger partial charge in [0.25, 0.3) is 0 Å². The van der Waals surface area contributed by atoms with Crippen LogP contribution in [0.2, 0.25) is 0 Å². The fraction of sp³-hybridized carbons (Fsp3) is 0.136. The molecule has 0 aliphatic carbocycles. The van der Waals surface area contributed by atoms with Crippen LogP contribution in [0.4, 0.5) is 0 Å². The molecule has 7 nitrogen and oxygen atoms in total. The number of nitrogens with zero attached hydrogens (tertiary/aromatic N) is 5. The smallest absolute Gasteiger partial charge is 0.354 e. The number of allylic oxidation sites excluding steroid dienone is 1. The highest BCUT2D eigenvalue weighted by Crippen LogP contribution is 2.43. The van der Waals surface area contributed by atoms with Crippen LogP contribution in [-0.2, 0) is 16.8 Å². The second-order valence-electron chi connectivity index (χ2n) is 12.2. The molecule has 7 aromatic rings. The summed E-state index contributed by atoms with van der Waals surface area (Å²) in [6.45, 7) is 4.77. The van der Waals surface area contributed by atoms with Crippen LogP contribution in [0.1, 0.15) is 58.7 Å². The van der Waals surface area contributed by atoms with Crippen LogP contribution in [0.3, 0.4) is 0 Å². The average molecular weight is 670 g/mol. The Balaban J connectivity index is 1.33. The maximum Gasteiger partial charge on any atom is 0.354 e. The van der Waals surface area contributed by atoms with Crippen LogP contribution >= 0.6 is 0 Å². The average Bonchev–Trinajstić information content (AvgIpc) is 3.84. The number of tetrazole rings is 1. The third-order valence-corrected chi connectivity index (χ3v) is 9.16. The van der Waals surface area contributed by atoms with Gasteiger partial charge in [0, 0.05) is 17.8 Å². The van der Waals surface area contributed by atoms with Crippen molar-refractivity contribution >= 4 is 12.0 Å². The van der Waals surface area contributed by atoms with Crippen LogP contribution in [-0.4, -0.2) is 37.4 Å². The van der Waals surface area contributed by atoms with E-state index in [2.05, 4.69) is 133 Å². The molecule has 0 fully saturated rings. The number of rotatable bonds is 12. The Bertz CT molecular complexity index is 2140. The van der Waals surface area contributed by atoms with E-state index in [-0.39, 0.29) is 5.97 Å². The molecule has 2 aromatic heterocycles. The summed E-state index contributed by atoms with van der Waals surface area (Å²) < 4.78 is 9.34. The SMILES string of the molecule is CC/C=C/c1ccc(C(=O)OCC)n1Cc1ccc(-c2ccccc2-c2nnnn2C(c2ccccc2)(c2ccccc2)c2ccccc2)cc1. The van der Waals surface area contributed by atoms with E-state index in [9.17, 15) is 4.79 Å². The van der Waals surface area contributed by atoms with Crippen molar-refractivity contribution in [3.8, 4) is 22.5 Å². The Labute approximate surface area is 298 Å². The van der Waals surface area contributed by atoms with Crippen molar-refractivity contribution in [3.63, 3.8) is 0 Å². The molecule has 7 heteroatoms. The molecule has 0 radical (unpaired) electrons. The highest BCUT2D eigenvalue weighted by molar-refractivity contribution is 5.88. The van der Waals surface area contributed by atoms with Gasteiger partial charge in [0.1, 0.15) is 11.2 Å². The van der Waals surface area contributed by atoms with Gasteiger partial charge in [0.2, 0.25) is 0 Å². The highest BCUT2D eigenvalue weighted by atomic mass is 16.5. The Hall–Kier alpha value is -6.34. The minimum absolute atomic E-state index is 0.324. The summed E-state index contributed by atoms with van der Waals surface area (Å²) in [6, 6.07) is 51.8. The van der Waals surface area contributed by atoms with Crippen LogP contribution in [0.5, 0.6) is 0 Å². The van der Waals surface area contributed by atoms with Crippen LogP contribution in [0.15, 0.2) is 158 Å². The number of hydrogen-bond acceptors (Lipinski definition) is 5. The number of ether oxygens (including phenoxy) is 1. The van der Waals surface area contributed by atoms with Gasteiger partial charge in [-0.25, -0.2) is 9.48 Å². The van der Waals surface area contributed by atoms with Gasteiger partial charge in [-0.1, -0.05) is 153 Å². The number of benzene rings is 5. The van der Waals surface area contributed by atoms with Gasteiger partial charge in [-0.05, 0) is 75.4 Å². The third kappa shape index (κ3) is 6.42. The molecular formula is C44H39N5O2. The predicted octanol–water partition coefficient (Wildman–Crippen LogP) is 9.30. The van der Waals surface area contributed by atoms with Crippen LogP contribution in [0.25, 0.3) is 28.6 Å². The van der Waals surface area contributed by atoms with Gasteiger partial charge < -0.3 is 9.30 Å². The van der Waals surface area contributed by atoms with Crippen molar-refractivity contribution in [2.75, 3.05) is 6.61 Å². The maximum absolute atomic E-state index is 12.8. The summed E-state index contributed by atoms with van der Waals surface area (Å²) in [6.07, 6.45) is 5.05. The first-order valence-electron chi connectivity index (χ1n) is 17.3. The fourth-order valence-corrected chi connectivity index (χ4v) is 6.82. The number of carbonyl (C=O) groups excluding carboxylic acids is 1. The largest absolute Gasteiger partial charge is 0.461 e. The molecule has 0 N–H and O–H groups in total. The molecule has 0 aliphatic heterocycles. The van der Waals surface area contributed by atoms with Gasteiger partial charge in [0.05, 0.1) is 6.61 Å². The van der Waals surface area contributed by atoms with Crippen LogP contribution in [0, 0.1) is 0 Å². The number of esters is 1. The lowest BCUT2D eigenvalue weighted by atomic mass is 9.77. The fourth-order valence-electron chi connectivity index (χ4n) is 6.82. The monoisotopic (exact) mass is 669 g/mol. The Morgan fingerprint density at radius 2 is 1.25 bits per heavy atom. The van der Waals surface area contributed by atoms with Gasteiger partial charge in [0.15, 0.2) is 5.82 Å². The summed E-state index contributed by atoms with van der Waals surface area (Å²) >= 11 is 0. The Morgan fingerprint density at radius 3 is 1.82 bits per heavy atom. The number of aromatic nitrogens is 5. The molecule has 0 unspecified atom stereocenters. The Kier molecular flexibility index (Phi) is 9.79. The van der Waals surface area contributed by atoms with Gasteiger partial charge >= 0.3 is 5.97 Å². The summed E-state index contributed by atoms with van der Waals surface area (Å²) in [4.78, 5) is 12.8. The maximum atomic E-state index is 12.8. The van der Waals surface area contributed by atoms with E-state index >= 15 is 0 Å². The summed E-state index contributed by atoms with van der Waals surface area (Å²) in [5, 5.41) is 13.8. The molecule has 5 aromatic carbocycles. The molecule has 51 heavy (non-hydrogen) atoms. The summed E-state index contributed by atoms with van der Waals surface area (Å²) in [7, 11) is 0. The Morgan fingerprint density at radius 1 is 0.686 bits per heavy atom. The molecule has 0 amide bonds. The van der Waals surface area contributed by atoms with Crippen molar-refractivity contribution in [2.24, 2.45) is 0 Å². The minimum Gasteiger partial charge on any atom is -0.461 e. The lowest BCUT2D eigenvalue weighted by Gasteiger charge is -2.36. The molecule has 0 aliphatic rings. The topological polar surface area (TPSA) is 74.8 Å². The van der Waals surface area contributed by atoms with Crippen molar-refractivity contribution in [3.05, 3.63) is 191 Å². The molecule has 0 saturated heterocycles.